The van der Waals surface area contributed by atoms with Gasteiger partial charge in [0.15, 0.2) is 12.1 Å². The number of likely N-dealkylation sites (N-methyl/N-ethyl adjacent to an activating group) is 2. The molecule has 4 rings (SSSR count). The molecule has 14 atom stereocenters. The molecule has 61 heavy (non-hydrogen) atoms. The Bertz CT molecular complexity index is 1690. The van der Waals surface area contributed by atoms with Gasteiger partial charge in [-0.2, -0.15) is 0 Å². The van der Waals surface area contributed by atoms with Crippen LogP contribution < -0.4 is 0 Å². The van der Waals surface area contributed by atoms with Gasteiger partial charge in [0.25, 0.3) is 0 Å². The van der Waals surface area contributed by atoms with Gasteiger partial charge in [0.05, 0.1) is 36.0 Å². The number of carbonyl (C=O) groups is 2. The number of ether oxygens (including phenoxy) is 3. The lowest BCUT2D eigenvalue weighted by atomic mass is 9.78. The number of ketones is 1. The number of hydrogen-bond acceptors (Lipinski definition) is 15. The maximum atomic E-state index is 13.6. The van der Waals surface area contributed by atoms with Gasteiger partial charge in [-0.25, -0.2) is 0 Å². The van der Waals surface area contributed by atoms with E-state index < -0.39 is 84.5 Å². The lowest BCUT2D eigenvalue weighted by molar-refractivity contribution is -0.300. The molecule has 0 spiro atoms. The van der Waals surface area contributed by atoms with Crippen molar-refractivity contribution in [2.75, 3.05) is 27.2 Å². The summed E-state index contributed by atoms with van der Waals surface area (Å²) < 4.78 is 20.5. The molecule has 2 aliphatic heterocycles. The molecule has 1 aromatic carbocycles. The first kappa shape index (κ1) is 50.7. The number of unbranched alkanes of at least 4 members (excludes halogenated alkanes) is 2. The Balaban J connectivity index is 1.55. The van der Waals surface area contributed by atoms with Crippen LogP contribution in [0, 0.1) is 17.8 Å². The number of aryl methyl sites for hydroxylation is 1. The third-order valence-corrected chi connectivity index (χ3v) is 13.1. The highest BCUT2D eigenvalue weighted by Crippen LogP contribution is 2.37. The molecular weight excluding hydrogens is 787 g/mol. The number of esters is 1. The zero-order valence-electron chi connectivity index (χ0n) is 38.1. The highest BCUT2D eigenvalue weighted by atomic mass is 16.7. The van der Waals surface area contributed by atoms with Crippen molar-refractivity contribution in [2.24, 2.45) is 17.8 Å². The summed E-state index contributed by atoms with van der Waals surface area (Å²) in [6, 6.07) is 6.91. The molecule has 6 N–H and O–H groups in total. The van der Waals surface area contributed by atoms with Crippen LogP contribution in [0.3, 0.4) is 0 Å². The number of aromatic nitrogens is 3. The Labute approximate surface area is 362 Å². The summed E-state index contributed by atoms with van der Waals surface area (Å²) in [6.07, 6.45) is -2.02. The summed E-state index contributed by atoms with van der Waals surface area (Å²) in [6.45, 7) is 14.8. The Hall–Kier alpha value is -2.90. The monoisotopic (exact) mass is 862 g/mol. The van der Waals surface area contributed by atoms with Crippen LogP contribution in [0.5, 0.6) is 0 Å². The van der Waals surface area contributed by atoms with E-state index in [0.29, 0.717) is 44.6 Å². The number of aliphatic hydroxyl groups excluding tert-OH is 4. The molecule has 2 fully saturated rings. The maximum absolute atomic E-state index is 13.6. The summed E-state index contributed by atoms with van der Waals surface area (Å²) in [4.78, 5) is 29.0. The van der Waals surface area contributed by atoms with Gasteiger partial charge < -0.3 is 49.7 Å². The zero-order chi connectivity index (χ0) is 45.4. The van der Waals surface area contributed by atoms with E-state index in [1.54, 1.807) is 32.4 Å². The third-order valence-electron chi connectivity index (χ3n) is 13.1. The standard InChI is InChI=1S/C45H75N5O11/c1-11-37-45(8,58)40(55)31(6)48(9)23-27(2)22-44(7,57)41(29(4)38(53)30(5)42(56)60-37)61-43-39(54)36(21-28(3)59-43)49(10)24-32-17-14-15-19-34(32)35-25-50(47-46-35)20-16-12-13-18-33(52)26-51/h14-15,17,19,25,27-31,36-41,43,51,53-55,57-58H,11-13,16,18,20-24,26H2,1-10H3/t27-,28-,29+,30-,31-,36+,37-,38+,39-,40-,41-,43+,44-,45-/m1/s1. The van der Waals surface area contributed by atoms with E-state index in [2.05, 4.69) is 15.2 Å². The second kappa shape index (κ2) is 22.1. The minimum atomic E-state index is -1.79. The largest absolute Gasteiger partial charge is 0.459 e. The van der Waals surface area contributed by atoms with E-state index in [1.807, 2.05) is 63.3 Å². The first-order valence-electron chi connectivity index (χ1n) is 22.1. The maximum Gasteiger partial charge on any atom is 0.311 e. The lowest BCUT2D eigenvalue weighted by Crippen LogP contribution is -2.59. The van der Waals surface area contributed by atoms with Crippen molar-refractivity contribution in [3.63, 3.8) is 0 Å². The van der Waals surface area contributed by atoms with E-state index >= 15 is 0 Å². The number of rotatable bonds is 14. The Morgan fingerprint density at radius 3 is 2.39 bits per heavy atom. The average molecular weight is 862 g/mol. The fraction of sp³-hybridized carbons (Fsp3) is 0.778. The lowest BCUT2D eigenvalue weighted by Gasteiger charge is -2.47. The molecule has 2 aromatic rings. The van der Waals surface area contributed by atoms with Gasteiger partial charge in [0.2, 0.25) is 0 Å². The molecular formula is C45H75N5O11. The van der Waals surface area contributed by atoms with E-state index in [1.165, 1.54) is 13.8 Å². The van der Waals surface area contributed by atoms with Gasteiger partial charge in [-0.1, -0.05) is 56.7 Å². The quantitative estimate of drug-likeness (QED) is 0.119. The summed E-state index contributed by atoms with van der Waals surface area (Å²) >= 11 is 0. The normalized spacial score (nSPS) is 36.3. The minimum Gasteiger partial charge on any atom is -0.459 e. The number of hydrogen-bond donors (Lipinski definition) is 6. The van der Waals surface area contributed by atoms with E-state index in [-0.39, 0.29) is 30.6 Å². The molecule has 0 aliphatic carbocycles. The highest BCUT2D eigenvalue weighted by molar-refractivity contribution is 5.79. The Morgan fingerprint density at radius 1 is 1.03 bits per heavy atom. The van der Waals surface area contributed by atoms with Gasteiger partial charge in [0, 0.05) is 49.6 Å². The van der Waals surface area contributed by atoms with Crippen molar-refractivity contribution in [1.29, 1.82) is 0 Å². The average Bonchev–Trinajstić information content (AvgIpc) is 3.69. The molecule has 0 amide bonds. The van der Waals surface area contributed by atoms with Gasteiger partial charge in [-0.3, -0.25) is 19.2 Å². The number of aliphatic hydroxyl groups is 6. The Morgan fingerprint density at radius 2 is 1.72 bits per heavy atom. The SMILES string of the molecule is CC[C@H]1OC(=O)[C@H](C)[C@@H](O)[C@H](C)[C@@H](O[C@@H]2O[C@H](C)C[C@H](N(C)Cc3ccccc3-c3cn(CCCCCC(=O)CO)nn3)[C@H]2O)[C@](C)(O)C[C@@H](C)CN(C)[C@H](C)[C@@H](O)[C@]1(C)O. The van der Waals surface area contributed by atoms with Crippen molar-refractivity contribution in [3.8, 4) is 11.3 Å². The van der Waals surface area contributed by atoms with E-state index in [0.717, 1.165) is 24.0 Å². The number of nitrogens with zero attached hydrogens (tertiary/aromatic N) is 5. The van der Waals surface area contributed by atoms with Gasteiger partial charge in [0.1, 0.15) is 36.2 Å². The topological polar surface area (TPSA) is 220 Å². The number of Topliss-reactive ketones (excluding diaryl/α,β-unsaturated/α-hetero) is 1. The second-order valence-corrected chi connectivity index (χ2v) is 18.6. The molecule has 0 bridgehead atoms. The molecule has 2 aliphatic rings. The van der Waals surface area contributed by atoms with Gasteiger partial charge in [-0.15, -0.1) is 5.10 Å². The van der Waals surface area contributed by atoms with Crippen LogP contribution in [0.2, 0.25) is 0 Å². The van der Waals surface area contributed by atoms with Crippen molar-refractivity contribution < 1.29 is 54.4 Å². The zero-order valence-corrected chi connectivity index (χ0v) is 38.1. The minimum absolute atomic E-state index is 0.154. The molecule has 16 nitrogen and oxygen atoms in total. The fourth-order valence-corrected chi connectivity index (χ4v) is 9.34. The Kier molecular flexibility index (Phi) is 18.4. The second-order valence-electron chi connectivity index (χ2n) is 18.6. The van der Waals surface area contributed by atoms with Crippen molar-refractivity contribution in [3.05, 3.63) is 36.0 Å². The van der Waals surface area contributed by atoms with Crippen LogP contribution >= 0.6 is 0 Å². The predicted molar refractivity (Wildman–Crippen MR) is 229 cm³/mol. The van der Waals surface area contributed by atoms with Crippen LogP contribution in [0.1, 0.15) is 106 Å². The van der Waals surface area contributed by atoms with E-state index in [4.69, 9.17) is 19.3 Å². The number of benzene rings is 1. The summed E-state index contributed by atoms with van der Waals surface area (Å²) in [5, 5.41) is 76.8. The first-order chi connectivity index (χ1) is 28.6. The van der Waals surface area contributed by atoms with Crippen molar-refractivity contribution in [2.45, 2.75) is 180 Å². The molecule has 2 saturated heterocycles. The number of cyclic esters (lactones) is 1. The fourth-order valence-electron chi connectivity index (χ4n) is 9.34. The first-order valence-corrected chi connectivity index (χ1v) is 22.1. The van der Waals surface area contributed by atoms with Gasteiger partial charge >= 0.3 is 5.97 Å². The van der Waals surface area contributed by atoms with Crippen LogP contribution in [0.15, 0.2) is 30.5 Å². The van der Waals surface area contributed by atoms with Crippen LogP contribution in [0.4, 0.5) is 0 Å². The summed E-state index contributed by atoms with van der Waals surface area (Å²) in [7, 11) is 3.75. The molecule has 1 aromatic heterocycles. The van der Waals surface area contributed by atoms with Crippen LogP contribution in [0.25, 0.3) is 11.3 Å². The summed E-state index contributed by atoms with van der Waals surface area (Å²) in [5.74, 6) is -3.05. The number of carbonyl (C=O) groups excluding carboxylic acids is 2. The molecule has 0 saturated carbocycles. The predicted octanol–water partition coefficient (Wildman–Crippen LogP) is 2.93. The molecule has 3 heterocycles. The van der Waals surface area contributed by atoms with Crippen LogP contribution in [-0.2, 0) is 36.9 Å². The smallest absolute Gasteiger partial charge is 0.311 e. The van der Waals surface area contributed by atoms with Crippen LogP contribution in [-0.4, -0.2) is 161 Å². The van der Waals surface area contributed by atoms with Gasteiger partial charge in [-0.05, 0) is 92.3 Å². The van der Waals surface area contributed by atoms with Crippen molar-refractivity contribution in [1.82, 2.24) is 24.8 Å². The molecule has 16 heteroatoms. The highest BCUT2D eigenvalue weighted by Gasteiger charge is 2.50. The van der Waals surface area contributed by atoms with E-state index in [9.17, 15) is 35.1 Å². The molecule has 0 unspecified atom stereocenters. The van der Waals surface area contributed by atoms with Crippen molar-refractivity contribution >= 4 is 11.8 Å². The third kappa shape index (κ3) is 12.9. The summed E-state index contributed by atoms with van der Waals surface area (Å²) in [5.41, 5.74) is -0.807. The molecule has 0 radical (unpaired) electrons. The molecule has 346 valence electrons.